The van der Waals surface area contributed by atoms with Gasteiger partial charge in [0.2, 0.25) is 0 Å². The summed E-state index contributed by atoms with van der Waals surface area (Å²) in [6.07, 6.45) is 1.57. The molecule has 0 aliphatic heterocycles. The van der Waals surface area contributed by atoms with Gasteiger partial charge < -0.3 is 15.5 Å². The fourth-order valence-electron chi connectivity index (χ4n) is 1.49. The van der Waals surface area contributed by atoms with Gasteiger partial charge in [0.15, 0.2) is 11.0 Å². The van der Waals surface area contributed by atoms with Crippen LogP contribution in [0.5, 0.6) is 0 Å². The number of nitrogens with zero attached hydrogens (tertiary/aromatic N) is 4. The second-order valence-corrected chi connectivity index (χ2v) is 4.72. The second kappa shape index (κ2) is 5.70. The summed E-state index contributed by atoms with van der Waals surface area (Å²) in [5, 5.41) is 19.7. The van der Waals surface area contributed by atoms with E-state index in [0.29, 0.717) is 16.5 Å². The van der Waals surface area contributed by atoms with Crippen LogP contribution in [0.25, 0.3) is 0 Å². The SMILES string of the molecule is Cn1cnnc1SCc1cccc(/C(N)=N/O)c1F. The molecule has 0 aliphatic carbocycles. The number of aromatic nitrogens is 3. The van der Waals surface area contributed by atoms with Crippen LogP contribution in [0.4, 0.5) is 4.39 Å². The second-order valence-electron chi connectivity index (χ2n) is 3.78. The van der Waals surface area contributed by atoms with Crippen molar-refractivity contribution < 1.29 is 9.60 Å². The van der Waals surface area contributed by atoms with Crippen molar-refractivity contribution in [1.82, 2.24) is 14.8 Å². The molecule has 0 radical (unpaired) electrons. The zero-order chi connectivity index (χ0) is 13.8. The molecular formula is C11H12FN5OS. The smallest absolute Gasteiger partial charge is 0.191 e. The Morgan fingerprint density at radius 2 is 2.37 bits per heavy atom. The van der Waals surface area contributed by atoms with Crippen molar-refractivity contribution in [3.8, 4) is 0 Å². The van der Waals surface area contributed by atoms with Crippen LogP contribution in [-0.2, 0) is 12.8 Å². The molecule has 1 aromatic carbocycles. The molecule has 0 unspecified atom stereocenters. The van der Waals surface area contributed by atoms with Crippen molar-refractivity contribution in [2.45, 2.75) is 10.9 Å². The molecule has 3 N–H and O–H groups in total. The highest BCUT2D eigenvalue weighted by Crippen LogP contribution is 2.23. The molecule has 0 bridgehead atoms. The summed E-state index contributed by atoms with van der Waals surface area (Å²) in [6.45, 7) is 0. The molecule has 100 valence electrons. The minimum atomic E-state index is -0.493. The molecule has 0 aliphatic rings. The van der Waals surface area contributed by atoms with Gasteiger partial charge in [-0.05, 0) is 11.6 Å². The van der Waals surface area contributed by atoms with Crippen molar-refractivity contribution in [2.75, 3.05) is 0 Å². The average molecular weight is 281 g/mol. The Labute approximate surface area is 113 Å². The lowest BCUT2D eigenvalue weighted by Crippen LogP contribution is -2.15. The first kappa shape index (κ1) is 13.3. The van der Waals surface area contributed by atoms with Gasteiger partial charge in [0.25, 0.3) is 0 Å². The van der Waals surface area contributed by atoms with E-state index >= 15 is 0 Å². The molecule has 1 heterocycles. The van der Waals surface area contributed by atoms with Crippen LogP contribution >= 0.6 is 11.8 Å². The third kappa shape index (κ3) is 2.84. The van der Waals surface area contributed by atoms with E-state index in [2.05, 4.69) is 15.4 Å². The van der Waals surface area contributed by atoms with Gasteiger partial charge in [-0.15, -0.1) is 10.2 Å². The van der Waals surface area contributed by atoms with Crippen molar-refractivity contribution in [2.24, 2.45) is 17.9 Å². The normalized spacial score (nSPS) is 11.8. The number of amidine groups is 1. The highest BCUT2D eigenvalue weighted by Gasteiger charge is 2.12. The van der Waals surface area contributed by atoms with Gasteiger partial charge >= 0.3 is 0 Å². The maximum absolute atomic E-state index is 14.1. The summed E-state index contributed by atoms with van der Waals surface area (Å²) in [5.74, 6) is -0.360. The van der Waals surface area contributed by atoms with E-state index in [0.717, 1.165) is 0 Å². The lowest BCUT2D eigenvalue weighted by Gasteiger charge is -2.06. The van der Waals surface area contributed by atoms with E-state index in [-0.39, 0.29) is 11.4 Å². The Bertz CT molecular complexity index is 613. The molecule has 0 saturated carbocycles. The Balaban J connectivity index is 2.20. The number of rotatable bonds is 4. The number of hydrogen-bond donors (Lipinski definition) is 2. The molecule has 19 heavy (non-hydrogen) atoms. The molecule has 1 aromatic heterocycles. The topological polar surface area (TPSA) is 89.3 Å². The number of aryl methyl sites for hydroxylation is 1. The van der Waals surface area contributed by atoms with Gasteiger partial charge in [-0.1, -0.05) is 29.1 Å². The predicted molar refractivity (Wildman–Crippen MR) is 69.5 cm³/mol. The van der Waals surface area contributed by atoms with Crippen LogP contribution in [0.1, 0.15) is 11.1 Å². The quantitative estimate of drug-likeness (QED) is 0.290. The summed E-state index contributed by atoms with van der Waals surface area (Å²) >= 11 is 1.36. The first-order valence-electron chi connectivity index (χ1n) is 5.35. The molecule has 8 heteroatoms. The van der Waals surface area contributed by atoms with Crippen LogP contribution in [-0.4, -0.2) is 25.8 Å². The maximum atomic E-state index is 14.1. The molecule has 6 nitrogen and oxygen atoms in total. The highest BCUT2D eigenvalue weighted by atomic mass is 32.2. The Kier molecular flexibility index (Phi) is 4.00. The van der Waals surface area contributed by atoms with Gasteiger partial charge in [0.1, 0.15) is 12.1 Å². The minimum absolute atomic E-state index is 0.0820. The van der Waals surface area contributed by atoms with E-state index in [1.54, 1.807) is 23.0 Å². The van der Waals surface area contributed by atoms with Crippen molar-refractivity contribution in [3.63, 3.8) is 0 Å². The number of thioether (sulfide) groups is 1. The molecule has 0 saturated heterocycles. The Morgan fingerprint density at radius 1 is 1.58 bits per heavy atom. The molecule has 2 aromatic rings. The van der Waals surface area contributed by atoms with Crippen LogP contribution in [0.3, 0.4) is 0 Å². The first-order chi connectivity index (χ1) is 9.13. The molecule has 0 fully saturated rings. The van der Waals surface area contributed by atoms with Crippen LogP contribution in [0.2, 0.25) is 0 Å². The summed E-state index contributed by atoms with van der Waals surface area (Å²) in [4.78, 5) is 0. The number of benzene rings is 1. The number of hydrogen-bond acceptors (Lipinski definition) is 5. The van der Waals surface area contributed by atoms with Crippen LogP contribution in [0.15, 0.2) is 34.8 Å². The van der Waals surface area contributed by atoms with Crippen LogP contribution in [0, 0.1) is 5.82 Å². The lowest BCUT2D eigenvalue weighted by atomic mass is 10.1. The Morgan fingerprint density at radius 3 is 3.00 bits per heavy atom. The van der Waals surface area contributed by atoms with Crippen molar-refractivity contribution in [3.05, 3.63) is 41.5 Å². The molecule has 0 spiro atoms. The van der Waals surface area contributed by atoms with Gasteiger partial charge in [0, 0.05) is 12.8 Å². The predicted octanol–water partition coefficient (Wildman–Crippen LogP) is 1.34. The lowest BCUT2D eigenvalue weighted by molar-refractivity contribution is 0.318. The fraction of sp³-hybridized carbons (Fsp3) is 0.182. The molecular weight excluding hydrogens is 269 g/mol. The third-order valence-corrected chi connectivity index (χ3v) is 3.57. The largest absolute Gasteiger partial charge is 0.409 e. The monoisotopic (exact) mass is 281 g/mol. The van der Waals surface area contributed by atoms with Crippen LogP contribution < -0.4 is 5.73 Å². The average Bonchev–Trinajstić information content (AvgIpc) is 2.82. The van der Waals surface area contributed by atoms with Gasteiger partial charge in [-0.2, -0.15) is 0 Å². The number of oxime groups is 1. The van der Waals surface area contributed by atoms with Crippen molar-refractivity contribution in [1.29, 1.82) is 0 Å². The van der Waals surface area contributed by atoms with Gasteiger partial charge in [0.05, 0.1) is 5.56 Å². The summed E-state index contributed by atoms with van der Waals surface area (Å²) < 4.78 is 15.9. The summed E-state index contributed by atoms with van der Waals surface area (Å²) in [7, 11) is 1.81. The highest BCUT2D eigenvalue weighted by molar-refractivity contribution is 7.98. The Hall–Kier alpha value is -2.09. The van der Waals surface area contributed by atoms with E-state index in [1.165, 1.54) is 17.8 Å². The fourth-order valence-corrected chi connectivity index (χ4v) is 2.35. The molecule has 0 atom stereocenters. The molecule has 0 amide bonds. The zero-order valence-corrected chi connectivity index (χ0v) is 10.9. The van der Waals surface area contributed by atoms with Gasteiger partial charge in [-0.25, -0.2) is 4.39 Å². The van der Waals surface area contributed by atoms with E-state index in [1.807, 2.05) is 7.05 Å². The maximum Gasteiger partial charge on any atom is 0.191 e. The third-order valence-electron chi connectivity index (χ3n) is 2.49. The molecule has 2 rings (SSSR count). The van der Waals surface area contributed by atoms with E-state index in [4.69, 9.17) is 10.9 Å². The zero-order valence-electron chi connectivity index (χ0n) is 10.1. The number of nitrogens with two attached hydrogens (primary N) is 1. The number of halogens is 1. The minimum Gasteiger partial charge on any atom is -0.409 e. The summed E-state index contributed by atoms with van der Waals surface area (Å²) in [5.41, 5.74) is 5.94. The van der Waals surface area contributed by atoms with Gasteiger partial charge in [-0.3, -0.25) is 0 Å². The summed E-state index contributed by atoms with van der Waals surface area (Å²) in [6, 6.07) is 4.76. The van der Waals surface area contributed by atoms with Crippen molar-refractivity contribution >= 4 is 17.6 Å². The standard InChI is InChI=1S/C11H12FN5OS/c1-17-6-14-15-11(17)19-5-7-3-2-4-8(9(7)12)10(13)16-18/h2-4,6,18H,5H2,1H3,(H2,13,16). The first-order valence-corrected chi connectivity index (χ1v) is 6.34. The van der Waals surface area contributed by atoms with E-state index in [9.17, 15) is 4.39 Å². The van der Waals surface area contributed by atoms with E-state index < -0.39 is 5.82 Å².